The molecule has 0 amide bonds. The van der Waals surface area contributed by atoms with E-state index in [1.165, 1.54) is 6.07 Å². The van der Waals surface area contributed by atoms with E-state index in [-0.39, 0.29) is 11.5 Å². The van der Waals surface area contributed by atoms with Crippen LogP contribution < -0.4 is 10.1 Å². The molecule has 1 N–H and O–H groups in total. The van der Waals surface area contributed by atoms with Crippen molar-refractivity contribution in [1.29, 1.82) is 0 Å². The van der Waals surface area contributed by atoms with Gasteiger partial charge in [0, 0.05) is 41.8 Å². The predicted octanol–water partition coefficient (Wildman–Crippen LogP) is 5.03. The molecule has 0 aliphatic carbocycles. The van der Waals surface area contributed by atoms with Gasteiger partial charge in [-0.25, -0.2) is 8.78 Å². The van der Waals surface area contributed by atoms with Crippen LogP contribution in [0.3, 0.4) is 0 Å². The molecule has 0 saturated carbocycles. The highest BCUT2D eigenvalue weighted by molar-refractivity contribution is 6.30. The van der Waals surface area contributed by atoms with E-state index in [0.717, 1.165) is 30.2 Å². The van der Waals surface area contributed by atoms with Crippen molar-refractivity contribution in [3.8, 4) is 5.75 Å². The summed E-state index contributed by atoms with van der Waals surface area (Å²) in [6, 6.07) is 9.52. The molecule has 6 heteroatoms. The van der Waals surface area contributed by atoms with Gasteiger partial charge in [-0.2, -0.15) is 0 Å². The summed E-state index contributed by atoms with van der Waals surface area (Å²) in [5, 5.41) is 4.14. The Bertz CT molecular complexity index is 794. The van der Waals surface area contributed by atoms with Gasteiger partial charge in [0.05, 0.1) is 7.11 Å². The van der Waals surface area contributed by atoms with E-state index >= 15 is 0 Å². The van der Waals surface area contributed by atoms with E-state index in [9.17, 15) is 8.78 Å². The van der Waals surface area contributed by atoms with Crippen LogP contribution in [0.4, 0.5) is 8.78 Å². The van der Waals surface area contributed by atoms with Gasteiger partial charge in [0.1, 0.15) is 5.75 Å². The summed E-state index contributed by atoms with van der Waals surface area (Å²) < 4.78 is 37.9. The molecule has 1 atom stereocenters. The van der Waals surface area contributed by atoms with Gasteiger partial charge in [-0.05, 0) is 55.7 Å². The van der Waals surface area contributed by atoms with Gasteiger partial charge in [0.15, 0.2) is 11.6 Å². The highest BCUT2D eigenvalue weighted by Gasteiger charge is 2.37. The summed E-state index contributed by atoms with van der Waals surface area (Å²) in [6.07, 6.45) is 1.64. The number of hydrogen-bond acceptors (Lipinski definition) is 3. The Kier molecular flexibility index (Phi) is 6.35. The van der Waals surface area contributed by atoms with Gasteiger partial charge in [-0.3, -0.25) is 0 Å². The minimum atomic E-state index is -0.837. The van der Waals surface area contributed by atoms with Gasteiger partial charge >= 0.3 is 0 Å². The van der Waals surface area contributed by atoms with E-state index in [4.69, 9.17) is 21.1 Å². The number of methoxy groups -OCH3 is 1. The molecule has 1 heterocycles. The van der Waals surface area contributed by atoms with Crippen molar-refractivity contribution in [1.82, 2.24) is 5.32 Å². The average molecular weight is 396 g/mol. The van der Waals surface area contributed by atoms with Gasteiger partial charge < -0.3 is 14.8 Å². The molecule has 3 rings (SSSR count). The minimum absolute atomic E-state index is 0.134. The molecule has 2 aromatic rings. The van der Waals surface area contributed by atoms with E-state index in [0.29, 0.717) is 30.3 Å². The highest BCUT2D eigenvalue weighted by Crippen LogP contribution is 2.41. The van der Waals surface area contributed by atoms with Crippen LogP contribution in [0.2, 0.25) is 5.02 Å². The summed E-state index contributed by atoms with van der Waals surface area (Å²) in [5.74, 6) is -0.877. The molecule has 0 spiro atoms. The van der Waals surface area contributed by atoms with Gasteiger partial charge in [0.2, 0.25) is 0 Å². The molecule has 1 unspecified atom stereocenters. The first-order chi connectivity index (χ1) is 12.9. The Morgan fingerprint density at radius 1 is 1.15 bits per heavy atom. The first-order valence-electron chi connectivity index (χ1n) is 9.05. The third kappa shape index (κ3) is 4.42. The molecule has 1 fully saturated rings. The zero-order chi connectivity index (χ0) is 19.4. The van der Waals surface area contributed by atoms with E-state index in [1.807, 2.05) is 25.1 Å². The molecular weight excluding hydrogens is 372 g/mol. The van der Waals surface area contributed by atoms with Crippen molar-refractivity contribution >= 4 is 11.6 Å². The van der Waals surface area contributed by atoms with Gasteiger partial charge in [-0.1, -0.05) is 17.7 Å². The Labute approximate surface area is 163 Å². The summed E-state index contributed by atoms with van der Waals surface area (Å²) in [4.78, 5) is 0. The lowest BCUT2D eigenvalue weighted by molar-refractivity contribution is 0.0482. The molecule has 0 aromatic heterocycles. The SMILES string of the molecule is COc1ccc(Cl)cc1C1(CNC(C)c2ccc(F)c(F)c2)CCOCC1. The maximum absolute atomic E-state index is 13.6. The van der Waals surface area contributed by atoms with Crippen LogP contribution in [0.25, 0.3) is 0 Å². The quantitative estimate of drug-likeness (QED) is 0.744. The van der Waals surface area contributed by atoms with E-state index < -0.39 is 11.6 Å². The number of ether oxygens (including phenoxy) is 2. The minimum Gasteiger partial charge on any atom is -0.496 e. The predicted molar refractivity (Wildman–Crippen MR) is 103 cm³/mol. The summed E-state index contributed by atoms with van der Waals surface area (Å²) in [7, 11) is 1.65. The molecule has 1 saturated heterocycles. The topological polar surface area (TPSA) is 30.5 Å². The Morgan fingerprint density at radius 3 is 2.56 bits per heavy atom. The van der Waals surface area contributed by atoms with Crippen LogP contribution in [0.15, 0.2) is 36.4 Å². The molecule has 27 heavy (non-hydrogen) atoms. The number of halogens is 3. The summed E-state index contributed by atoms with van der Waals surface area (Å²) >= 11 is 6.26. The molecule has 2 aromatic carbocycles. The molecule has 1 aliphatic heterocycles. The second-order valence-corrected chi connectivity index (χ2v) is 7.45. The molecule has 0 bridgehead atoms. The fourth-order valence-electron chi connectivity index (χ4n) is 3.65. The maximum atomic E-state index is 13.6. The van der Waals surface area contributed by atoms with Crippen LogP contribution in [0.1, 0.15) is 36.9 Å². The average Bonchev–Trinajstić information content (AvgIpc) is 2.69. The number of rotatable bonds is 6. The first-order valence-corrected chi connectivity index (χ1v) is 9.43. The van der Waals surface area contributed by atoms with Crippen molar-refractivity contribution in [3.05, 3.63) is 64.2 Å². The summed E-state index contributed by atoms with van der Waals surface area (Å²) in [6.45, 7) is 3.88. The normalized spacial score (nSPS) is 17.5. The van der Waals surface area contributed by atoms with Gasteiger partial charge in [-0.15, -0.1) is 0 Å². The van der Waals surface area contributed by atoms with Crippen LogP contribution >= 0.6 is 11.6 Å². The third-order valence-electron chi connectivity index (χ3n) is 5.37. The van der Waals surface area contributed by atoms with Crippen molar-refractivity contribution < 1.29 is 18.3 Å². The Hall–Kier alpha value is -1.69. The molecule has 146 valence electrons. The second kappa shape index (κ2) is 8.55. The lowest BCUT2D eigenvalue weighted by Crippen LogP contribution is -2.43. The second-order valence-electron chi connectivity index (χ2n) is 7.01. The zero-order valence-corrected chi connectivity index (χ0v) is 16.3. The lowest BCUT2D eigenvalue weighted by Gasteiger charge is -2.39. The van der Waals surface area contributed by atoms with Gasteiger partial charge in [0.25, 0.3) is 0 Å². The maximum Gasteiger partial charge on any atom is 0.159 e. The molecule has 3 nitrogen and oxygen atoms in total. The highest BCUT2D eigenvalue weighted by atomic mass is 35.5. The standard InChI is InChI=1S/C21H24ClF2NO2/c1-14(15-3-5-18(23)19(24)11-15)25-13-21(7-9-27-10-8-21)17-12-16(22)4-6-20(17)26-2/h3-6,11-12,14,25H,7-10,13H2,1-2H3. The Balaban J connectivity index is 1.85. The van der Waals surface area contributed by atoms with Crippen LogP contribution in [-0.4, -0.2) is 26.9 Å². The van der Waals surface area contributed by atoms with Crippen molar-refractivity contribution in [2.24, 2.45) is 0 Å². The number of benzene rings is 2. The Morgan fingerprint density at radius 2 is 1.89 bits per heavy atom. The molecular formula is C21H24ClF2NO2. The fourth-order valence-corrected chi connectivity index (χ4v) is 3.82. The molecule has 0 radical (unpaired) electrons. The fraction of sp³-hybridized carbons (Fsp3) is 0.429. The van der Waals surface area contributed by atoms with Crippen LogP contribution in [0.5, 0.6) is 5.75 Å². The number of hydrogen-bond donors (Lipinski definition) is 1. The number of nitrogens with one attached hydrogen (secondary N) is 1. The monoisotopic (exact) mass is 395 g/mol. The largest absolute Gasteiger partial charge is 0.496 e. The smallest absolute Gasteiger partial charge is 0.159 e. The first kappa shape index (κ1) is 20.1. The molecule has 1 aliphatic rings. The van der Waals surface area contributed by atoms with E-state index in [2.05, 4.69) is 5.32 Å². The lowest BCUT2D eigenvalue weighted by atomic mass is 9.73. The summed E-state index contributed by atoms with van der Waals surface area (Å²) in [5.41, 5.74) is 1.54. The van der Waals surface area contributed by atoms with Crippen molar-refractivity contribution in [2.45, 2.75) is 31.2 Å². The third-order valence-corrected chi connectivity index (χ3v) is 5.61. The zero-order valence-electron chi connectivity index (χ0n) is 15.5. The van der Waals surface area contributed by atoms with E-state index in [1.54, 1.807) is 13.2 Å². The van der Waals surface area contributed by atoms with Crippen LogP contribution in [0, 0.1) is 11.6 Å². The van der Waals surface area contributed by atoms with Crippen molar-refractivity contribution in [2.75, 3.05) is 26.9 Å². The van der Waals surface area contributed by atoms with Crippen LogP contribution in [-0.2, 0) is 10.2 Å². The van der Waals surface area contributed by atoms with Crippen molar-refractivity contribution in [3.63, 3.8) is 0 Å².